The fourth-order valence-electron chi connectivity index (χ4n) is 3.31. The Bertz CT molecular complexity index is 1040. The van der Waals surface area contributed by atoms with Crippen LogP contribution in [0.1, 0.15) is 60.2 Å². The minimum atomic E-state index is -4.42. The predicted octanol–water partition coefficient (Wildman–Crippen LogP) is 3.94. The van der Waals surface area contributed by atoms with Gasteiger partial charge in [-0.2, -0.15) is 23.4 Å². The Balaban J connectivity index is 0.000000196. The Morgan fingerprint density at radius 2 is 1.90 bits per heavy atom. The number of rotatable bonds is 3. The Morgan fingerprint density at radius 3 is 2.45 bits per heavy atom. The molecule has 166 valence electrons. The van der Waals surface area contributed by atoms with Crippen molar-refractivity contribution < 1.29 is 18.0 Å². The fourth-order valence-corrected chi connectivity index (χ4v) is 3.31. The number of primary amides is 1. The first-order valence-corrected chi connectivity index (χ1v) is 10.0. The lowest BCUT2D eigenvalue weighted by molar-refractivity contribution is -0.141. The van der Waals surface area contributed by atoms with Gasteiger partial charge in [0.15, 0.2) is 0 Å². The van der Waals surface area contributed by atoms with Gasteiger partial charge >= 0.3 is 6.18 Å². The van der Waals surface area contributed by atoms with Crippen molar-refractivity contribution in [2.24, 2.45) is 12.8 Å². The van der Waals surface area contributed by atoms with Crippen LogP contribution in [0.2, 0.25) is 0 Å². The lowest BCUT2D eigenvalue weighted by atomic mass is 10.1. The second-order valence-electron chi connectivity index (χ2n) is 7.73. The van der Waals surface area contributed by atoms with Crippen molar-refractivity contribution in [2.45, 2.75) is 51.7 Å². The van der Waals surface area contributed by atoms with Gasteiger partial charge in [-0.05, 0) is 49.4 Å². The average Bonchev–Trinajstić information content (AvgIpc) is 3.32. The van der Waals surface area contributed by atoms with E-state index in [1.54, 1.807) is 19.2 Å². The molecule has 31 heavy (non-hydrogen) atoms. The number of nitrogens with zero attached hydrogens (tertiary/aromatic N) is 5. The second kappa shape index (κ2) is 8.91. The number of carbonyl (C=O) groups is 1. The van der Waals surface area contributed by atoms with Crippen LogP contribution in [0.5, 0.6) is 0 Å². The van der Waals surface area contributed by atoms with Crippen molar-refractivity contribution in [3.63, 3.8) is 0 Å². The number of hydrogen-bond acceptors (Lipinski definition) is 4. The number of amides is 1. The third kappa shape index (κ3) is 5.31. The van der Waals surface area contributed by atoms with Gasteiger partial charge in [-0.3, -0.25) is 19.1 Å². The summed E-state index contributed by atoms with van der Waals surface area (Å²) in [7, 11) is 1.71. The number of fused-ring (bicyclic) bond motifs is 1. The zero-order valence-electron chi connectivity index (χ0n) is 17.6. The van der Waals surface area contributed by atoms with E-state index in [0.29, 0.717) is 22.9 Å². The molecule has 1 amide bonds. The van der Waals surface area contributed by atoms with Crippen LogP contribution in [0.15, 0.2) is 30.5 Å². The number of carbonyl (C=O) groups excluding carboxylic acids is 1. The maximum atomic E-state index is 12.6. The maximum absolute atomic E-state index is 12.6. The van der Waals surface area contributed by atoms with E-state index in [-0.39, 0.29) is 0 Å². The minimum Gasteiger partial charge on any atom is -0.364 e. The quantitative estimate of drug-likeness (QED) is 0.676. The molecule has 0 spiro atoms. The number of hydrogen-bond donors (Lipinski definition) is 1. The van der Waals surface area contributed by atoms with Crippen LogP contribution < -0.4 is 5.73 Å². The number of pyridine rings is 1. The highest BCUT2D eigenvalue weighted by Gasteiger charge is 2.32. The van der Waals surface area contributed by atoms with Crippen LogP contribution in [0.3, 0.4) is 0 Å². The molecule has 0 fully saturated rings. The van der Waals surface area contributed by atoms with E-state index in [2.05, 4.69) is 15.2 Å². The standard InChI is InChI=1S/C13H12F3N3.C8H13N3O/c14-13(15,16)12-7-9(4-5-17-12)11-8-10-3-1-2-6-19(10)18-11;1-5(2)6-4-7(8(9)12)11(3)10-6/h4-5,7-8H,1-3,6H2;4-5H,1-3H3,(H2,9,12). The second-order valence-corrected chi connectivity index (χ2v) is 7.73. The van der Waals surface area contributed by atoms with Crippen LogP contribution >= 0.6 is 0 Å². The molecular weight excluding hydrogens is 409 g/mol. The SMILES string of the molecule is CC(C)c1cc(C(N)=O)n(C)n1.FC(F)(F)c1cc(-c2cc3n(n2)CCCC3)ccn1. The number of alkyl halides is 3. The summed E-state index contributed by atoms with van der Waals surface area (Å²) in [6, 6.07) is 6.21. The first-order valence-electron chi connectivity index (χ1n) is 10.0. The molecule has 3 aromatic rings. The largest absolute Gasteiger partial charge is 0.433 e. The molecular formula is C21H25F3N6O. The van der Waals surface area contributed by atoms with Gasteiger partial charge in [0, 0.05) is 31.0 Å². The zero-order valence-corrected chi connectivity index (χ0v) is 17.6. The van der Waals surface area contributed by atoms with Crippen molar-refractivity contribution in [3.8, 4) is 11.3 Å². The van der Waals surface area contributed by atoms with E-state index in [0.717, 1.165) is 43.3 Å². The van der Waals surface area contributed by atoms with Gasteiger partial charge in [0.1, 0.15) is 11.4 Å². The number of aryl methyl sites for hydroxylation is 3. The van der Waals surface area contributed by atoms with E-state index in [4.69, 9.17) is 5.73 Å². The molecule has 7 nitrogen and oxygen atoms in total. The van der Waals surface area contributed by atoms with Gasteiger partial charge in [-0.25, -0.2) is 0 Å². The molecule has 1 aliphatic heterocycles. The monoisotopic (exact) mass is 434 g/mol. The lowest BCUT2D eigenvalue weighted by Gasteiger charge is -2.11. The first kappa shape index (κ1) is 22.5. The predicted molar refractivity (Wildman–Crippen MR) is 109 cm³/mol. The third-order valence-electron chi connectivity index (χ3n) is 5.00. The van der Waals surface area contributed by atoms with Crippen molar-refractivity contribution in [1.82, 2.24) is 24.5 Å². The summed E-state index contributed by atoms with van der Waals surface area (Å²) in [4.78, 5) is 14.2. The summed E-state index contributed by atoms with van der Waals surface area (Å²) in [5.74, 6) is -0.110. The topological polar surface area (TPSA) is 91.6 Å². The van der Waals surface area contributed by atoms with Gasteiger partial charge in [-0.15, -0.1) is 0 Å². The van der Waals surface area contributed by atoms with Crippen molar-refractivity contribution in [1.29, 1.82) is 0 Å². The molecule has 0 unspecified atom stereocenters. The van der Waals surface area contributed by atoms with Crippen LogP contribution in [-0.2, 0) is 26.2 Å². The lowest BCUT2D eigenvalue weighted by Crippen LogP contribution is -2.15. The van der Waals surface area contributed by atoms with Crippen LogP contribution in [0, 0.1) is 0 Å². The number of nitrogens with two attached hydrogens (primary N) is 1. The van der Waals surface area contributed by atoms with Crippen LogP contribution in [0.25, 0.3) is 11.3 Å². The molecule has 0 atom stereocenters. The van der Waals surface area contributed by atoms with Gasteiger partial charge < -0.3 is 5.73 Å². The molecule has 0 aromatic carbocycles. The van der Waals surface area contributed by atoms with E-state index in [1.807, 2.05) is 24.6 Å². The molecule has 0 saturated heterocycles. The van der Waals surface area contributed by atoms with E-state index in [9.17, 15) is 18.0 Å². The molecule has 0 saturated carbocycles. The molecule has 0 aliphatic carbocycles. The molecule has 10 heteroatoms. The molecule has 4 heterocycles. The average molecular weight is 434 g/mol. The van der Waals surface area contributed by atoms with E-state index in [1.165, 1.54) is 10.9 Å². The van der Waals surface area contributed by atoms with Gasteiger partial charge in [0.05, 0.1) is 11.4 Å². The molecule has 3 aromatic heterocycles. The van der Waals surface area contributed by atoms with Crippen molar-refractivity contribution >= 4 is 5.91 Å². The molecule has 2 N–H and O–H groups in total. The Kier molecular flexibility index (Phi) is 6.47. The fraction of sp³-hybridized carbons (Fsp3) is 0.429. The zero-order chi connectivity index (χ0) is 22.8. The first-order chi connectivity index (χ1) is 14.6. The highest BCUT2D eigenvalue weighted by Crippen LogP contribution is 2.30. The van der Waals surface area contributed by atoms with Crippen molar-refractivity contribution in [3.05, 3.63) is 53.2 Å². The Labute approximate surface area is 178 Å². The van der Waals surface area contributed by atoms with Crippen molar-refractivity contribution in [2.75, 3.05) is 0 Å². The van der Waals surface area contributed by atoms with Gasteiger partial charge in [0.25, 0.3) is 5.91 Å². The number of aromatic nitrogens is 5. The third-order valence-corrected chi connectivity index (χ3v) is 5.00. The van der Waals surface area contributed by atoms with Gasteiger partial charge in [-0.1, -0.05) is 13.8 Å². The van der Waals surface area contributed by atoms with Gasteiger partial charge in [0.2, 0.25) is 0 Å². The summed E-state index contributed by atoms with van der Waals surface area (Å²) >= 11 is 0. The summed E-state index contributed by atoms with van der Waals surface area (Å²) < 4.78 is 41.3. The highest BCUT2D eigenvalue weighted by atomic mass is 19.4. The minimum absolute atomic E-state index is 0.323. The summed E-state index contributed by atoms with van der Waals surface area (Å²) in [6.45, 7) is 4.88. The normalized spacial score (nSPS) is 13.5. The molecule has 0 bridgehead atoms. The number of halogens is 3. The van der Waals surface area contributed by atoms with E-state index < -0.39 is 17.8 Å². The summed E-state index contributed by atoms with van der Waals surface area (Å²) in [5, 5.41) is 8.51. The molecule has 4 rings (SSSR count). The molecule has 1 aliphatic rings. The highest BCUT2D eigenvalue weighted by molar-refractivity contribution is 5.91. The maximum Gasteiger partial charge on any atom is 0.433 e. The van der Waals surface area contributed by atoms with E-state index >= 15 is 0 Å². The smallest absolute Gasteiger partial charge is 0.364 e. The molecule has 0 radical (unpaired) electrons. The van der Waals surface area contributed by atoms with Crippen LogP contribution in [-0.4, -0.2) is 30.5 Å². The Morgan fingerprint density at radius 1 is 1.16 bits per heavy atom. The van der Waals surface area contributed by atoms with Crippen LogP contribution in [0.4, 0.5) is 13.2 Å². The summed E-state index contributed by atoms with van der Waals surface area (Å²) in [6.07, 6.45) is -0.135. The Hall–Kier alpha value is -3.17. The summed E-state index contributed by atoms with van der Waals surface area (Å²) in [5.41, 5.74) is 7.74.